The number of anilines is 1. The van der Waals surface area contributed by atoms with Crippen LogP contribution in [-0.4, -0.2) is 44.5 Å². The van der Waals surface area contributed by atoms with Crippen molar-refractivity contribution in [3.8, 4) is 0 Å². The molecule has 1 heterocycles. The zero-order chi connectivity index (χ0) is 25.1. The molecular weight excluding hydrogens is 422 g/mol. The first-order valence-electron chi connectivity index (χ1n) is 11.1. The molecule has 0 bridgehead atoms. The molecule has 0 aliphatic heterocycles. The second-order valence-electron chi connectivity index (χ2n) is 10.3. The van der Waals surface area contributed by atoms with Gasteiger partial charge in [-0.1, -0.05) is 33.8 Å². The van der Waals surface area contributed by atoms with Crippen LogP contribution in [0.5, 0.6) is 0 Å². The monoisotopic (exact) mass is 457 g/mol. The summed E-state index contributed by atoms with van der Waals surface area (Å²) in [5.41, 5.74) is 0.836. The lowest BCUT2D eigenvalue weighted by Gasteiger charge is -2.24. The SMILES string of the molecule is CCCN(CC(=O)Nc1cc(C(C)(C)C)nn1C(C)(C)C)C(=O)c1ccc(C)c([N+](=O)[O-])c1. The van der Waals surface area contributed by atoms with Crippen LogP contribution in [0.2, 0.25) is 0 Å². The fraction of sp³-hybridized carbons (Fsp3) is 0.542. The van der Waals surface area contributed by atoms with Crippen molar-refractivity contribution in [3.63, 3.8) is 0 Å². The number of aryl methyl sites for hydroxylation is 1. The van der Waals surface area contributed by atoms with Crippen LogP contribution in [0.15, 0.2) is 24.3 Å². The average molecular weight is 458 g/mol. The molecule has 2 amide bonds. The Hall–Kier alpha value is -3.23. The summed E-state index contributed by atoms with van der Waals surface area (Å²) in [4.78, 5) is 38.2. The summed E-state index contributed by atoms with van der Waals surface area (Å²) in [5, 5.41) is 18.9. The van der Waals surface area contributed by atoms with Crippen molar-refractivity contribution in [2.75, 3.05) is 18.4 Å². The quantitative estimate of drug-likeness (QED) is 0.481. The fourth-order valence-electron chi connectivity index (χ4n) is 3.35. The number of amides is 2. The second-order valence-corrected chi connectivity index (χ2v) is 10.3. The smallest absolute Gasteiger partial charge is 0.273 e. The van der Waals surface area contributed by atoms with Crippen molar-refractivity contribution in [2.45, 2.75) is 72.8 Å². The summed E-state index contributed by atoms with van der Waals surface area (Å²) < 4.78 is 1.78. The van der Waals surface area contributed by atoms with Crippen LogP contribution >= 0.6 is 0 Å². The van der Waals surface area contributed by atoms with Crippen LogP contribution in [0.1, 0.15) is 76.5 Å². The summed E-state index contributed by atoms with van der Waals surface area (Å²) in [6.07, 6.45) is 0.640. The highest BCUT2D eigenvalue weighted by molar-refractivity contribution is 5.99. The molecular formula is C24H35N5O4. The molecule has 9 heteroatoms. The number of nitro groups is 1. The first-order valence-corrected chi connectivity index (χ1v) is 11.1. The summed E-state index contributed by atoms with van der Waals surface area (Å²) >= 11 is 0. The van der Waals surface area contributed by atoms with E-state index in [4.69, 9.17) is 5.10 Å². The van der Waals surface area contributed by atoms with Gasteiger partial charge in [-0.2, -0.15) is 5.10 Å². The van der Waals surface area contributed by atoms with Gasteiger partial charge in [-0.05, 0) is 40.2 Å². The van der Waals surface area contributed by atoms with E-state index in [2.05, 4.69) is 26.1 Å². The Morgan fingerprint density at radius 1 is 1.15 bits per heavy atom. The van der Waals surface area contributed by atoms with Crippen molar-refractivity contribution in [2.24, 2.45) is 0 Å². The maximum Gasteiger partial charge on any atom is 0.273 e. The van der Waals surface area contributed by atoms with Gasteiger partial charge in [0.2, 0.25) is 5.91 Å². The number of carbonyl (C=O) groups is 2. The fourth-order valence-corrected chi connectivity index (χ4v) is 3.35. The maximum absolute atomic E-state index is 13.1. The Morgan fingerprint density at radius 3 is 2.30 bits per heavy atom. The Balaban J connectivity index is 2.28. The third-order valence-corrected chi connectivity index (χ3v) is 5.15. The molecule has 0 saturated heterocycles. The summed E-state index contributed by atoms with van der Waals surface area (Å²) in [6, 6.07) is 6.22. The molecule has 0 radical (unpaired) electrons. The van der Waals surface area contributed by atoms with E-state index in [0.29, 0.717) is 24.3 Å². The van der Waals surface area contributed by atoms with E-state index in [1.807, 2.05) is 33.8 Å². The predicted molar refractivity (Wildman–Crippen MR) is 129 cm³/mol. The highest BCUT2D eigenvalue weighted by Crippen LogP contribution is 2.28. The van der Waals surface area contributed by atoms with Crippen LogP contribution < -0.4 is 5.32 Å². The average Bonchev–Trinajstić information content (AvgIpc) is 3.12. The van der Waals surface area contributed by atoms with Gasteiger partial charge in [0.15, 0.2) is 0 Å². The van der Waals surface area contributed by atoms with Crippen molar-refractivity contribution in [3.05, 3.63) is 51.2 Å². The number of hydrogen-bond donors (Lipinski definition) is 1. The van der Waals surface area contributed by atoms with Gasteiger partial charge in [0, 0.05) is 35.2 Å². The van der Waals surface area contributed by atoms with Gasteiger partial charge in [-0.3, -0.25) is 19.7 Å². The number of nitrogens with zero attached hydrogens (tertiary/aromatic N) is 4. The summed E-state index contributed by atoms with van der Waals surface area (Å²) in [6.45, 7) is 15.9. The molecule has 0 aliphatic rings. The molecule has 1 aromatic heterocycles. The lowest BCUT2D eigenvalue weighted by molar-refractivity contribution is -0.385. The molecule has 2 rings (SSSR count). The number of nitro benzene ring substituents is 1. The first-order chi connectivity index (χ1) is 15.1. The van der Waals surface area contributed by atoms with Gasteiger partial charge in [-0.25, -0.2) is 4.68 Å². The van der Waals surface area contributed by atoms with Crippen LogP contribution in [0.3, 0.4) is 0 Å². The standard InChI is InChI=1S/C24H35N5O4/c1-9-12-27(22(31)17-11-10-16(2)18(13-17)29(32)33)15-21(30)25-20-14-19(23(3,4)5)26-28(20)24(6,7)8/h10-11,13-14H,9,12,15H2,1-8H3,(H,25,30). The van der Waals surface area contributed by atoms with Crippen molar-refractivity contribution < 1.29 is 14.5 Å². The molecule has 0 spiro atoms. The van der Waals surface area contributed by atoms with Crippen LogP contribution in [0.4, 0.5) is 11.5 Å². The van der Waals surface area contributed by atoms with E-state index in [1.165, 1.54) is 11.0 Å². The minimum absolute atomic E-state index is 0.120. The van der Waals surface area contributed by atoms with E-state index >= 15 is 0 Å². The van der Waals surface area contributed by atoms with E-state index < -0.39 is 10.8 Å². The van der Waals surface area contributed by atoms with Gasteiger partial charge in [0.05, 0.1) is 16.2 Å². The largest absolute Gasteiger partial charge is 0.329 e. The van der Waals surface area contributed by atoms with Gasteiger partial charge < -0.3 is 10.2 Å². The van der Waals surface area contributed by atoms with Crippen molar-refractivity contribution in [1.82, 2.24) is 14.7 Å². The molecule has 0 aliphatic carbocycles. The van der Waals surface area contributed by atoms with Gasteiger partial charge in [0.1, 0.15) is 12.4 Å². The Bertz CT molecular complexity index is 1040. The zero-order valence-corrected chi connectivity index (χ0v) is 20.9. The second kappa shape index (κ2) is 9.72. The first kappa shape index (κ1) is 26.0. The normalized spacial score (nSPS) is 11.9. The Kier molecular flexibility index (Phi) is 7.67. The Morgan fingerprint density at radius 2 is 1.79 bits per heavy atom. The van der Waals surface area contributed by atoms with Crippen LogP contribution in [0, 0.1) is 17.0 Å². The minimum Gasteiger partial charge on any atom is -0.329 e. The molecule has 2 aromatic rings. The van der Waals surface area contributed by atoms with E-state index in [-0.39, 0.29) is 34.7 Å². The maximum atomic E-state index is 13.1. The molecule has 9 nitrogen and oxygen atoms in total. The van der Waals surface area contributed by atoms with E-state index in [1.54, 1.807) is 23.7 Å². The van der Waals surface area contributed by atoms with Crippen molar-refractivity contribution >= 4 is 23.3 Å². The molecule has 0 atom stereocenters. The van der Waals surface area contributed by atoms with E-state index in [9.17, 15) is 19.7 Å². The topological polar surface area (TPSA) is 110 Å². The number of aromatic nitrogens is 2. The molecule has 1 N–H and O–H groups in total. The summed E-state index contributed by atoms with van der Waals surface area (Å²) in [5.74, 6) is -0.216. The number of rotatable bonds is 7. The summed E-state index contributed by atoms with van der Waals surface area (Å²) in [7, 11) is 0. The van der Waals surface area contributed by atoms with Gasteiger partial charge >= 0.3 is 0 Å². The number of hydrogen-bond acceptors (Lipinski definition) is 5. The lowest BCUT2D eigenvalue weighted by Crippen LogP contribution is -2.39. The van der Waals surface area contributed by atoms with Gasteiger partial charge in [-0.15, -0.1) is 0 Å². The molecule has 0 unspecified atom stereocenters. The van der Waals surface area contributed by atoms with Gasteiger partial charge in [0.25, 0.3) is 11.6 Å². The third kappa shape index (κ3) is 6.40. The minimum atomic E-state index is -0.510. The highest BCUT2D eigenvalue weighted by Gasteiger charge is 2.27. The molecule has 33 heavy (non-hydrogen) atoms. The Labute approximate surface area is 195 Å². The lowest BCUT2D eigenvalue weighted by atomic mass is 9.92. The van der Waals surface area contributed by atoms with E-state index in [0.717, 1.165) is 5.69 Å². The number of benzene rings is 1. The molecule has 0 saturated carbocycles. The number of carbonyl (C=O) groups excluding carboxylic acids is 2. The van der Waals surface area contributed by atoms with Crippen LogP contribution in [-0.2, 0) is 15.7 Å². The highest BCUT2D eigenvalue weighted by atomic mass is 16.6. The zero-order valence-electron chi connectivity index (χ0n) is 20.9. The van der Waals surface area contributed by atoms with Crippen LogP contribution in [0.25, 0.3) is 0 Å². The molecule has 0 fully saturated rings. The van der Waals surface area contributed by atoms with Crippen molar-refractivity contribution in [1.29, 1.82) is 0 Å². The number of nitrogens with one attached hydrogen (secondary N) is 1. The molecule has 180 valence electrons. The molecule has 1 aromatic carbocycles. The predicted octanol–water partition coefficient (Wildman–Crippen LogP) is 4.64. The third-order valence-electron chi connectivity index (χ3n) is 5.15.